The van der Waals surface area contributed by atoms with Crippen LogP contribution in [0.2, 0.25) is 0 Å². The average Bonchev–Trinajstić information content (AvgIpc) is 3.12. The fraction of sp³-hybridized carbons (Fsp3) is 0.500. The number of aliphatic imine (C=N–C) groups is 1. The van der Waals surface area contributed by atoms with Crippen molar-refractivity contribution in [1.29, 1.82) is 0 Å². The average molecular weight is 454 g/mol. The summed E-state index contributed by atoms with van der Waals surface area (Å²) in [6.07, 6.45) is 10.7. The Morgan fingerprint density at radius 3 is 2.76 bits per heavy atom. The minimum Gasteiger partial charge on any atom is -0.356 e. The van der Waals surface area contributed by atoms with E-state index in [-0.39, 0.29) is 24.0 Å². The van der Waals surface area contributed by atoms with Crippen molar-refractivity contribution in [3.05, 3.63) is 42.4 Å². The highest BCUT2D eigenvalue weighted by Gasteiger charge is 2.34. The van der Waals surface area contributed by atoms with E-state index in [1.54, 1.807) is 10.9 Å². The zero-order chi connectivity index (χ0) is 16.8. The third-order valence-electron chi connectivity index (χ3n) is 5.03. The van der Waals surface area contributed by atoms with E-state index in [1.165, 1.54) is 25.7 Å². The summed E-state index contributed by atoms with van der Waals surface area (Å²) >= 11 is 0. The number of guanidine groups is 1. The summed E-state index contributed by atoms with van der Waals surface area (Å²) in [5, 5.41) is 11.1. The molecule has 6 nitrogen and oxygen atoms in total. The standard InChI is InChI=1S/C18H26N6.HI/c1-3-18(7-4-8-18)14-22-17(19-2)21-13-15-6-10-20-16(12-15)24-11-5-9-23-24;/h5-6,9-12H,3-4,7-8,13-14H2,1-2H3,(H2,19,21,22);1H. The van der Waals surface area contributed by atoms with Gasteiger partial charge in [-0.3, -0.25) is 4.99 Å². The van der Waals surface area contributed by atoms with Gasteiger partial charge < -0.3 is 10.6 Å². The van der Waals surface area contributed by atoms with Crippen molar-refractivity contribution in [2.24, 2.45) is 10.4 Å². The Morgan fingerprint density at radius 2 is 2.16 bits per heavy atom. The van der Waals surface area contributed by atoms with E-state index in [9.17, 15) is 0 Å². The number of hydrogen-bond donors (Lipinski definition) is 2. The summed E-state index contributed by atoms with van der Waals surface area (Å²) < 4.78 is 1.76. The van der Waals surface area contributed by atoms with Gasteiger partial charge >= 0.3 is 0 Å². The molecule has 1 fully saturated rings. The van der Waals surface area contributed by atoms with E-state index in [2.05, 4.69) is 32.6 Å². The molecule has 0 atom stereocenters. The minimum absolute atomic E-state index is 0. The van der Waals surface area contributed by atoms with Crippen molar-refractivity contribution in [2.75, 3.05) is 13.6 Å². The second-order valence-electron chi connectivity index (χ2n) is 6.46. The lowest BCUT2D eigenvalue weighted by Gasteiger charge is -2.41. The Balaban J connectivity index is 0.00000225. The first kappa shape index (κ1) is 19.7. The maximum Gasteiger partial charge on any atom is 0.191 e. The Kier molecular flexibility index (Phi) is 7.22. The van der Waals surface area contributed by atoms with Crippen LogP contribution in [-0.4, -0.2) is 34.3 Å². The number of halogens is 1. The van der Waals surface area contributed by atoms with E-state index in [1.807, 2.05) is 37.6 Å². The number of nitrogens with one attached hydrogen (secondary N) is 2. The van der Waals surface area contributed by atoms with Crippen LogP contribution >= 0.6 is 24.0 Å². The van der Waals surface area contributed by atoms with E-state index >= 15 is 0 Å². The minimum atomic E-state index is 0. The predicted octanol–water partition coefficient (Wildman–Crippen LogP) is 3.13. The Hall–Kier alpha value is -1.64. The van der Waals surface area contributed by atoms with Crippen LogP contribution in [0.15, 0.2) is 41.8 Å². The van der Waals surface area contributed by atoms with Gasteiger partial charge in [0.2, 0.25) is 0 Å². The lowest BCUT2D eigenvalue weighted by molar-refractivity contribution is 0.131. The van der Waals surface area contributed by atoms with Crippen molar-refractivity contribution < 1.29 is 0 Å². The van der Waals surface area contributed by atoms with Crippen LogP contribution in [0.1, 0.15) is 38.2 Å². The summed E-state index contributed by atoms with van der Waals surface area (Å²) in [6.45, 7) is 3.98. The Bertz CT molecular complexity index is 673. The zero-order valence-corrected chi connectivity index (χ0v) is 17.2. The molecule has 1 saturated carbocycles. The lowest BCUT2D eigenvalue weighted by Crippen LogP contribution is -2.46. The molecule has 0 saturated heterocycles. The maximum atomic E-state index is 4.35. The quantitative estimate of drug-likeness (QED) is 0.400. The molecule has 1 aliphatic carbocycles. The molecule has 0 spiro atoms. The molecular formula is C18H27IN6. The molecule has 1 aliphatic rings. The van der Waals surface area contributed by atoms with Crippen molar-refractivity contribution in [1.82, 2.24) is 25.4 Å². The largest absolute Gasteiger partial charge is 0.356 e. The highest BCUT2D eigenvalue weighted by atomic mass is 127. The number of aromatic nitrogens is 3. The Labute approximate surface area is 166 Å². The number of pyridine rings is 1. The van der Waals surface area contributed by atoms with E-state index in [0.29, 0.717) is 12.0 Å². The predicted molar refractivity (Wildman–Crippen MR) is 112 cm³/mol. The molecule has 2 aromatic heterocycles. The van der Waals surface area contributed by atoms with Gasteiger partial charge in [0.15, 0.2) is 11.8 Å². The van der Waals surface area contributed by atoms with E-state index in [0.717, 1.165) is 23.9 Å². The summed E-state index contributed by atoms with van der Waals surface area (Å²) in [4.78, 5) is 8.69. The van der Waals surface area contributed by atoms with Gasteiger partial charge in [-0.1, -0.05) is 13.3 Å². The van der Waals surface area contributed by atoms with E-state index < -0.39 is 0 Å². The number of hydrogen-bond acceptors (Lipinski definition) is 3. The van der Waals surface area contributed by atoms with Gasteiger partial charge in [-0.2, -0.15) is 5.10 Å². The first-order valence-corrected chi connectivity index (χ1v) is 8.64. The van der Waals surface area contributed by atoms with Crippen LogP contribution in [0.4, 0.5) is 0 Å². The van der Waals surface area contributed by atoms with Gasteiger partial charge in [0.05, 0.1) is 0 Å². The van der Waals surface area contributed by atoms with Gasteiger partial charge in [-0.25, -0.2) is 9.67 Å². The fourth-order valence-corrected chi connectivity index (χ4v) is 3.11. The monoisotopic (exact) mass is 454 g/mol. The van der Waals surface area contributed by atoms with E-state index in [4.69, 9.17) is 0 Å². The lowest BCUT2D eigenvalue weighted by atomic mass is 9.67. The van der Waals surface area contributed by atoms with Crippen LogP contribution in [0.5, 0.6) is 0 Å². The Morgan fingerprint density at radius 1 is 1.32 bits per heavy atom. The molecule has 7 heteroatoms. The van der Waals surface area contributed by atoms with Gasteiger partial charge in [-0.05, 0) is 48.4 Å². The van der Waals surface area contributed by atoms with Gasteiger partial charge in [0.1, 0.15) is 0 Å². The molecule has 0 bridgehead atoms. The molecular weight excluding hydrogens is 427 g/mol. The SMILES string of the molecule is CCC1(CNC(=NC)NCc2ccnc(-n3cccn3)c2)CCC1.I. The first-order chi connectivity index (χ1) is 11.7. The van der Waals surface area contributed by atoms with Crippen LogP contribution in [-0.2, 0) is 6.54 Å². The van der Waals surface area contributed by atoms with Crippen molar-refractivity contribution in [3.8, 4) is 5.82 Å². The highest BCUT2D eigenvalue weighted by Crippen LogP contribution is 2.42. The van der Waals surface area contributed by atoms with Crippen LogP contribution in [0, 0.1) is 5.41 Å². The van der Waals surface area contributed by atoms with Gasteiger partial charge in [0.25, 0.3) is 0 Å². The normalized spacial score (nSPS) is 15.8. The van der Waals surface area contributed by atoms with Gasteiger partial charge in [-0.15, -0.1) is 24.0 Å². The molecule has 136 valence electrons. The number of nitrogens with zero attached hydrogens (tertiary/aromatic N) is 4. The topological polar surface area (TPSA) is 67.1 Å². The van der Waals surface area contributed by atoms with Crippen LogP contribution in [0.25, 0.3) is 5.82 Å². The second-order valence-corrected chi connectivity index (χ2v) is 6.46. The molecule has 2 N–H and O–H groups in total. The van der Waals surface area contributed by atoms with Crippen LogP contribution < -0.4 is 10.6 Å². The molecule has 0 unspecified atom stereocenters. The smallest absolute Gasteiger partial charge is 0.191 e. The molecule has 25 heavy (non-hydrogen) atoms. The molecule has 3 rings (SSSR count). The van der Waals surface area contributed by atoms with Crippen molar-refractivity contribution in [3.63, 3.8) is 0 Å². The maximum absolute atomic E-state index is 4.35. The highest BCUT2D eigenvalue weighted by molar-refractivity contribution is 14.0. The molecule has 0 radical (unpaired) electrons. The summed E-state index contributed by atoms with van der Waals surface area (Å²) in [5.41, 5.74) is 1.62. The zero-order valence-electron chi connectivity index (χ0n) is 14.9. The molecule has 2 aromatic rings. The molecule has 0 aromatic carbocycles. The van der Waals surface area contributed by atoms with Crippen molar-refractivity contribution >= 4 is 29.9 Å². The number of rotatable bonds is 6. The molecule has 0 amide bonds. The molecule has 2 heterocycles. The fourth-order valence-electron chi connectivity index (χ4n) is 3.11. The third-order valence-corrected chi connectivity index (χ3v) is 5.03. The van der Waals surface area contributed by atoms with Gasteiger partial charge in [0, 0.05) is 38.7 Å². The summed E-state index contributed by atoms with van der Waals surface area (Å²) in [6, 6.07) is 5.93. The van der Waals surface area contributed by atoms with Crippen molar-refractivity contribution in [2.45, 2.75) is 39.2 Å². The first-order valence-electron chi connectivity index (χ1n) is 8.64. The summed E-state index contributed by atoms with van der Waals surface area (Å²) in [5.74, 6) is 1.67. The summed E-state index contributed by atoms with van der Waals surface area (Å²) in [7, 11) is 1.82. The third kappa shape index (κ3) is 4.93. The second kappa shape index (κ2) is 9.17. The van der Waals surface area contributed by atoms with Crippen LogP contribution in [0.3, 0.4) is 0 Å². The molecule has 0 aliphatic heterocycles.